The van der Waals surface area contributed by atoms with Gasteiger partial charge >= 0.3 is 0 Å². The molecule has 2 amide bonds. The van der Waals surface area contributed by atoms with Gasteiger partial charge in [0.25, 0.3) is 11.8 Å². The first-order valence-corrected chi connectivity index (χ1v) is 9.21. The SMILES string of the molecule is Cc1oc(C)c(C(=O)Nc2cc(Cl)ccc2C(=O)N2CCCC2)c1Br. The highest BCUT2D eigenvalue weighted by atomic mass is 79.9. The smallest absolute Gasteiger partial charge is 0.260 e. The summed E-state index contributed by atoms with van der Waals surface area (Å²) in [4.78, 5) is 27.2. The van der Waals surface area contributed by atoms with Gasteiger partial charge in [-0.3, -0.25) is 9.59 Å². The molecule has 0 saturated carbocycles. The predicted octanol–water partition coefficient (Wildman–Crippen LogP) is 4.80. The number of halogens is 2. The molecule has 25 heavy (non-hydrogen) atoms. The standard InChI is InChI=1S/C18H18BrClN2O3/c1-10-15(16(19)11(2)25-10)17(23)21-14-9-12(20)5-6-13(14)18(24)22-7-3-4-8-22/h5-6,9H,3-4,7-8H2,1-2H3,(H,21,23). The zero-order valence-corrected chi connectivity index (χ0v) is 16.3. The summed E-state index contributed by atoms with van der Waals surface area (Å²) in [5, 5.41) is 3.26. The van der Waals surface area contributed by atoms with E-state index in [1.807, 2.05) is 0 Å². The molecule has 3 rings (SSSR count). The molecule has 7 heteroatoms. The molecule has 0 radical (unpaired) electrons. The number of aryl methyl sites for hydroxylation is 2. The first kappa shape index (κ1) is 18.0. The summed E-state index contributed by atoms with van der Waals surface area (Å²) in [6.07, 6.45) is 2.00. The van der Waals surface area contributed by atoms with Gasteiger partial charge in [0.1, 0.15) is 11.5 Å². The van der Waals surface area contributed by atoms with Crippen molar-refractivity contribution in [3.63, 3.8) is 0 Å². The minimum absolute atomic E-state index is 0.0939. The summed E-state index contributed by atoms with van der Waals surface area (Å²) in [7, 11) is 0. The molecule has 5 nitrogen and oxygen atoms in total. The zero-order chi connectivity index (χ0) is 18.1. The van der Waals surface area contributed by atoms with Crippen LogP contribution < -0.4 is 5.32 Å². The Labute approximate surface area is 159 Å². The Kier molecular flexibility index (Phi) is 5.20. The van der Waals surface area contributed by atoms with Crippen LogP contribution in [0, 0.1) is 13.8 Å². The number of nitrogens with zero attached hydrogens (tertiary/aromatic N) is 1. The van der Waals surface area contributed by atoms with Gasteiger partial charge in [-0.15, -0.1) is 0 Å². The molecule has 1 aliphatic heterocycles. The number of carbonyl (C=O) groups is 2. The van der Waals surface area contributed by atoms with Crippen molar-refractivity contribution in [2.45, 2.75) is 26.7 Å². The number of likely N-dealkylation sites (tertiary alicyclic amines) is 1. The molecule has 1 aromatic heterocycles. The third-order valence-electron chi connectivity index (χ3n) is 4.27. The summed E-state index contributed by atoms with van der Waals surface area (Å²) < 4.78 is 6.09. The topological polar surface area (TPSA) is 62.6 Å². The highest BCUT2D eigenvalue weighted by Gasteiger charge is 2.25. The highest BCUT2D eigenvalue weighted by molar-refractivity contribution is 9.10. The molecule has 0 unspecified atom stereocenters. The van der Waals surface area contributed by atoms with Crippen molar-refractivity contribution in [3.05, 3.63) is 50.3 Å². The first-order chi connectivity index (χ1) is 11.9. The van der Waals surface area contributed by atoms with E-state index in [9.17, 15) is 9.59 Å². The summed E-state index contributed by atoms with van der Waals surface area (Å²) in [6.45, 7) is 4.97. The van der Waals surface area contributed by atoms with Gasteiger partial charge in [-0.2, -0.15) is 0 Å². The van der Waals surface area contributed by atoms with Crippen molar-refractivity contribution in [3.8, 4) is 0 Å². The van der Waals surface area contributed by atoms with Gasteiger partial charge in [-0.25, -0.2) is 0 Å². The maximum absolute atomic E-state index is 12.7. The number of furan rings is 1. The van der Waals surface area contributed by atoms with Gasteiger partial charge in [0.05, 0.1) is 21.3 Å². The molecule has 1 saturated heterocycles. The molecule has 1 fully saturated rings. The number of hydrogen-bond acceptors (Lipinski definition) is 3. The van der Waals surface area contributed by atoms with Gasteiger partial charge in [0.2, 0.25) is 0 Å². The number of carbonyl (C=O) groups excluding carboxylic acids is 2. The maximum atomic E-state index is 12.7. The molecular formula is C18H18BrClN2O3. The second kappa shape index (κ2) is 7.22. The molecule has 2 aromatic rings. The fourth-order valence-electron chi connectivity index (χ4n) is 3.00. The second-order valence-electron chi connectivity index (χ2n) is 6.05. The van der Waals surface area contributed by atoms with Crippen LogP contribution in [0.25, 0.3) is 0 Å². The average Bonchev–Trinajstić information content (AvgIpc) is 3.16. The first-order valence-electron chi connectivity index (χ1n) is 8.04. The van der Waals surface area contributed by atoms with Gasteiger partial charge in [-0.05, 0) is 60.8 Å². The van der Waals surface area contributed by atoms with E-state index in [-0.39, 0.29) is 11.8 Å². The molecule has 1 aliphatic rings. The van der Waals surface area contributed by atoms with E-state index in [4.69, 9.17) is 16.0 Å². The zero-order valence-electron chi connectivity index (χ0n) is 14.0. The van der Waals surface area contributed by atoms with E-state index in [1.165, 1.54) is 0 Å². The Morgan fingerprint density at radius 2 is 1.88 bits per heavy atom. The quantitative estimate of drug-likeness (QED) is 0.768. The Hall–Kier alpha value is -1.79. The lowest BCUT2D eigenvalue weighted by atomic mass is 10.1. The van der Waals surface area contributed by atoms with Crippen molar-refractivity contribution in [1.29, 1.82) is 0 Å². The molecule has 2 heterocycles. The van der Waals surface area contributed by atoms with E-state index >= 15 is 0 Å². The summed E-state index contributed by atoms with van der Waals surface area (Å²) in [5.74, 6) is 0.695. The average molecular weight is 426 g/mol. The third kappa shape index (κ3) is 3.60. The van der Waals surface area contributed by atoms with Crippen LogP contribution in [0.1, 0.15) is 45.1 Å². The number of benzene rings is 1. The monoisotopic (exact) mass is 424 g/mol. The molecule has 132 valence electrons. The van der Waals surface area contributed by atoms with Crippen LogP contribution in [0.4, 0.5) is 5.69 Å². The van der Waals surface area contributed by atoms with Crippen LogP contribution in [-0.4, -0.2) is 29.8 Å². The summed E-state index contributed by atoms with van der Waals surface area (Å²) >= 11 is 9.45. The normalized spacial score (nSPS) is 14.0. The largest absolute Gasteiger partial charge is 0.465 e. The minimum atomic E-state index is -0.348. The van der Waals surface area contributed by atoms with Crippen LogP contribution in [0.3, 0.4) is 0 Å². The number of nitrogens with one attached hydrogen (secondary N) is 1. The van der Waals surface area contributed by atoms with E-state index in [2.05, 4.69) is 21.2 Å². The molecule has 1 N–H and O–H groups in total. The van der Waals surface area contributed by atoms with Crippen molar-refractivity contribution < 1.29 is 14.0 Å². The van der Waals surface area contributed by atoms with Crippen LogP contribution >= 0.6 is 27.5 Å². The fourth-order valence-corrected chi connectivity index (χ4v) is 3.71. The van der Waals surface area contributed by atoms with Crippen LogP contribution in [0.2, 0.25) is 5.02 Å². The van der Waals surface area contributed by atoms with Crippen molar-refractivity contribution in [2.24, 2.45) is 0 Å². The van der Waals surface area contributed by atoms with Crippen LogP contribution in [0.15, 0.2) is 27.1 Å². The van der Waals surface area contributed by atoms with Crippen molar-refractivity contribution >= 4 is 45.0 Å². The molecule has 1 aromatic carbocycles. The number of hydrogen-bond donors (Lipinski definition) is 1. The van der Waals surface area contributed by atoms with Gasteiger partial charge in [-0.1, -0.05) is 11.6 Å². The third-order valence-corrected chi connectivity index (χ3v) is 5.46. The Bertz CT molecular complexity index is 841. The molecule has 0 spiro atoms. The fraction of sp³-hybridized carbons (Fsp3) is 0.333. The Morgan fingerprint density at radius 3 is 2.48 bits per heavy atom. The second-order valence-corrected chi connectivity index (χ2v) is 7.28. The van der Waals surface area contributed by atoms with Crippen molar-refractivity contribution in [1.82, 2.24) is 4.90 Å². The number of anilines is 1. The molecular weight excluding hydrogens is 408 g/mol. The summed E-state index contributed by atoms with van der Waals surface area (Å²) in [5.41, 5.74) is 1.25. The van der Waals surface area contributed by atoms with E-state index in [0.29, 0.717) is 37.8 Å². The van der Waals surface area contributed by atoms with Crippen LogP contribution in [-0.2, 0) is 0 Å². The van der Waals surface area contributed by atoms with Crippen LogP contribution in [0.5, 0.6) is 0 Å². The molecule has 0 aliphatic carbocycles. The van der Waals surface area contributed by atoms with Gasteiger partial charge in [0.15, 0.2) is 0 Å². The molecule has 0 atom stereocenters. The highest BCUT2D eigenvalue weighted by Crippen LogP contribution is 2.30. The lowest BCUT2D eigenvalue weighted by molar-refractivity contribution is 0.0794. The lowest BCUT2D eigenvalue weighted by Gasteiger charge is -2.18. The van der Waals surface area contributed by atoms with E-state index < -0.39 is 0 Å². The lowest BCUT2D eigenvalue weighted by Crippen LogP contribution is -2.29. The summed E-state index contributed by atoms with van der Waals surface area (Å²) in [6, 6.07) is 4.91. The van der Waals surface area contributed by atoms with E-state index in [0.717, 1.165) is 25.9 Å². The van der Waals surface area contributed by atoms with Gasteiger partial charge in [0, 0.05) is 18.1 Å². The van der Waals surface area contributed by atoms with Crippen molar-refractivity contribution in [2.75, 3.05) is 18.4 Å². The maximum Gasteiger partial charge on any atom is 0.260 e. The van der Waals surface area contributed by atoms with E-state index in [1.54, 1.807) is 36.9 Å². The Morgan fingerprint density at radius 1 is 1.20 bits per heavy atom. The molecule has 0 bridgehead atoms. The van der Waals surface area contributed by atoms with Gasteiger partial charge < -0.3 is 14.6 Å². The Balaban J connectivity index is 1.92. The number of amides is 2. The minimum Gasteiger partial charge on any atom is -0.465 e. The number of rotatable bonds is 3. The predicted molar refractivity (Wildman–Crippen MR) is 100 cm³/mol.